The van der Waals surface area contributed by atoms with Crippen molar-refractivity contribution in [3.63, 3.8) is 0 Å². The Balaban J connectivity index is 2.34. The normalized spacial score (nSPS) is 14.3. The number of hydrogen-bond acceptors (Lipinski definition) is 2. The first-order chi connectivity index (χ1) is 10.6. The van der Waals surface area contributed by atoms with Crippen molar-refractivity contribution in [3.8, 4) is 0 Å². The van der Waals surface area contributed by atoms with E-state index in [1.165, 1.54) is 0 Å². The molecule has 0 heterocycles. The van der Waals surface area contributed by atoms with Crippen LogP contribution in [0.5, 0.6) is 0 Å². The van der Waals surface area contributed by atoms with E-state index in [1.807, 2.05) is 74.5 Å². The minimum atomic E-state index is -0.622. The number of aliphatic hydroxyl groups excluding tert-OH is 1. The molecule has 2 nitrogen and oxygen atoms in total. The zero-order valence-electron chi connectivity index (χ0n) is 13.3. The lowest BCUT2D eigenvalue weighted by Crippen LogP contribution is -2.31. The van der Waals surface area contributed by atoms with E-state index in [0.717, 1.165) is 11.1 Å². The molecule has 0 radical (unpaired) electrons. The van der Waals surface area contributed by atoms with Crippen LogP contribution in [0.4, 0.5) is 0 Å². The summed E-state index contributed by atoms with van der Waals surface area (Å²) in [6, 6.07) is 19.8. The van der Waals surface area contributed by atoms with Gasteiger partial charge in [0.2, 0.25) is 0 Å². The molecule has 116 valence electrons. The van der Waals surface area contributed by atoms with Crippen LogP contribution in [0.15, 0.2) is 73.3 Å². The SMILES string of the molecule is C=CCO[C@@H](c1ccccc1)C(C)(C)[C@@H](O)c1ccccc1. The number of hydrogen-bond donors (Lipinski definition) is 1. The third-order valence-corrected chi connectivity index (χ3v) is 3.98. The van der Waals surface area contributed by atoms with Crippen molar-refractivity contribution < 1.29 is 9.84 Å². The topological polar surface area (TPSA) is 29.5 Å². The molecule has 0 fully saturated rings. The van der Waals surface area contributed by atoms with E-state index in [2.05, 4.69) is 6.58 Å². The molecule has 2 aromatic carbocycles. The molecule has 0 aliphatic carbocycles. The van der Waals surface area contributed by atoms with Gasteiger partial charge in [-0.25, -0.2) is 0 Å². The first-order valence-electron chi connectivity index (χ1n) is 7.58. The first kappa shape index (κ1) is 16.5. The Bertz CT molecular complexity index is 575. The van der Waals surface area contributed by atoms with Crippen molar-refractivity contribution in [2.45, 2.75) is 26.1 Å². The van der Waals surface area contributed by atoms with Gasteiger partial charge in [0.25, 0.3) is 0 Å². The monoisotopic (exact) mass is 296 g/mol. The molecule has 0 amide bonds. The van der Waals surface area contributed by atoms with Crippen LogP contribution >= 0.6 is 0 Å². The van der Waals surface area contributed by atoms with Gasteiger partial charge in [-0.3, -0.25) is 0 Å². The third kappa shape index (κ3) is 3.65. The predicted octanol–water partition coefficient (Wildman–Crippen LogP) is 4.69. The Labute approximate surface area is 133 Å². The van der Waals surface area contributed by atoms with Crippen molar-refractivity contribution in [1.29, 1.82) is 0 Å². The Morgan fingerprint density at radius 2 is 1.50 bits per heavy atom. The van der Waals surface area contributed by atoms with Crippen molar-refractivity contribution >= 4 is 0 Å². The average molecular weight is 296 g/mol. The zero-order chi connectivity index (χ0) is 16.0. The summed E-state index contributed by atoms with van der Waals surface area (Å²) in [6.45, 7) is 8.24. The average Bonchev–Trinajstić information content (AvgIpc) is 2.56. The molecule has 0 aromatic heterocycles. The summed E-state index contributed by atoms with van der Waals surface area (Å²) in [6.07, 6.45) is 0.895. The molecule has 0 bridgehead atoms. The summed E-state index contributed by atoms with van der Waals surface area (Å²) >= 11 is 0. The second kappa shape index (κ2) is 7.39. The van der Waals surface area contributed by atoms with Crippen molar-refractivity contribution in [1.82, 2.24) is 0 Å². The highest BCUT2D eigenvalue weighted by Crippen LogP contribution is 2.45. The molecule has 2 rings (SSSR count). The van der Waals surface area contributed by atoms with E-state index < -0.39 is 11.5 Å². The van der Waals surface area contributed by atoms with Gasteiger partial charge in [-0.05, 0) is 11.1 Å². The maximum absolute atomic E-state index is 10.9. The van der Waals surface area contributed by atoms with Gasteiger partial charge in [-0.1, -0.05) is 80.6 Å². The molecule has 0 spiro atoms. The van der Waals surface area contributed by atoms with Crippen LogP contribution in [-0.4, -0.2) is 11.7 Å². The number of benzene rings is 2. The quantitative estimate of drug-likeness (QED) is 0.751. The number of aliphatic hydroxyl groups is 1. The maximum atomic E-state index is 10.9. The molecule has 0 aliphatic rings. The molecule has 0 saturated carbocycles. The summed E-state index contributed by atoms with van der Waals surface area (Å²) in [5, 5.41) is 10.9. The molecular formula is C20H24O2. The standard InChI is InChI=1S/C20H24O2/c1-4-15-22-19(17-13-9-6-10-14-17)20(2,3)18(21)16-11-7-5-8-12-16/h4-14,18-19,21H,1,15H2,2-3H3/t18-,19-/m0/s1. The van der Waals surface area contributed by atoms with Crippen LogP contribution in [0.1, 0.15) is 37.2 Å². The lowest BCUT2D eigenvalue weighted by molar-refractivity contribution is -0.0823. The van der Waals surface area contributed by atoms with Crippen molar-refractivity contribution in [2.75, 3.05) is 6.61 Å². The Hall–Kier alpha value is -1.90. The summed E-state index contributed by atoms with van der Waals surface area (Å²) in [4.78, 5) is 0. The van der Waals surface area contributed by atoms with Crippen molar-refractivity contribution in [3.05, 3.63) is 84.4 Å². The van der Waals surface area contributed by atoms with Gasteiger partial charge in [0, 0.05) is 5.41 Å². The first-order valence-corrected chi connectivity index (χ1v) is 7.58. The number of rotatable bonds is 7. The Kier molecular flexibility index (Phi) is 5.53. The molecule has 0 aliphatic heterocycles. The molecule has 22 heavy (non-hydrogen) atoms. The fraction of sp³-hybridized carbons (Fsp3) is 0.300. The molecule has 2 aromatic rings. The lowest BCUT2D eigenvalue weighted by atomic mass is 9.75. The molecule has 0 saturated heterocycles. The van der Waals surface area contributed by atoms with E-state index >= 15 is 0 Å². The van der Waals surface area contributed by atoms with Crippen LogP contribution in [-0.2, 0) is 4.74 Å². The lowest BCUT2D eigenvalue weighted by Gasteiger charge is -2.38. The van der Waals surface area contributed by atoms with Crippen LogP contribution in [0.2, 0.25) is 0 Å². The fourth-order valence-electron chi connectivity index (χ4n) is 2.74. The van der Waals surface area contributed by atoms with Crippen LogP contribution in [0.3, 0.4) is 0 Å². The Morgan fingerprint density at radius 1 is 1.00 bits per heavy atom. The van der Waals surface area contributed by atoms with E-state index in [4.69, 9.17) is 4.74 Å². The summed E-state index contributed by atoms with van der Waals surface area (Å²) in [5.41, 5.74) is 1.48. The van der Waals surface area contributed by atoms with Crippen LogP contribution in [0, 0.1) is 5.41 Å². The van der Waals surface area contributed by atoms with Gasteiger partial charge in [-0.2, -0.15) is 0 Å². The predicted molar refractivity (Wildman–Crippen MR) is 90.5 cm³/mol. The van der Waals surface area contributed by atoms with Gasteiger partial charge in [0.1, 0.15) is 0 Å². The highest BCUT2D eigenvalue weighted by Gasteiger charge is 2.38. The summed E-state index contributed by atoms with van der Waals surface area (Å²) in [7, 11) is 0. The van der Waals surface area contributed by atoms with Crippen molar-refractivity contribution in [2.24, 2.45) is 5.41 Å². The summed E-state index contributed by atoms with van der Waals surface area (Å²) in [5.74, 6) is 0. The second-order valence-corrected chi connectivity index (χ2v) is 6.05. The van der Waals surface area contributed by atoms with E-state index in [9.17, 15) is 5.11 Å². The van der Waals surface area contributed by atoms with Gasteiger partial charge in [0.05, 0.1) is 18.8 Å². The van der Waals surface area contributed by atoms with Crippen LogP contribution in [0.25, 0.3) is 0 Å². The van der Waals surface area contributed by atoms with Gasteiger partial charge < -0.3 is 9.84 Å². The number of ether oxygens (including phenoxy) is 1. The Morgan fingerprint density at radius 3 is 2.00 bits per heavy atom. The van der Waals surface area contributed by atoms with E-state index in [-0.39, 0.29) is 6.10 Å². The second-order valence-electron chi connectivity index (χ2n) is 6.05. The zero-order valence-corrected chi connectivity index (χ0v) is 13.3. The molecule has 2 atom stereocenters. The smallest absolute Gasteiger partial charge is 0.0908 e. The third-order valence-electron chi connectivity index (χ3n) is 3.98. The fourth-order valence-corrected chi connectivity index (χ4v) is 2.74. The van der Waals surface area contributed by atoms with Gasteiger partial charge in [-0.15, -0.1) is 6.58 Å². The highest BCUT2D eigenvalue weighted by atomic mass is 16.5. The molecule has 0 unspecified atom stereocenters. The molecule has 1 N–H and O–H groups in total. The largest absolute Gasteiger partial charge is 0.388 e. The summed E-state index contributed by atoms with van der Waals surface area (Å²) < 4.78 is 6.01. The minimum absolute atomic E-state index is 0.220. The minimum Gasteiger partial charge on any atom is -0.388 e. The highest BCUT2D eigenvalue weighted by molar-refractivity contribution is 5.24. The van der Waals surface area contributed by atoms with E-state index in [1.54, 1.807) is 6.08 Å². The van der Waals surface area contributed by atoms with Gasteiger partial charge >= 0.3 is 0 Å². The molecular weight excluding hydrogens is 272 g/mol. The maximum Gasteiger partial charge on any atom is 0.0908 e. The molecule has 2 heteroatoms. The van der Waals surface area contributed by atoms with E-state index in [0.29, 0.717) is 6.61 Å². The van der Waals surface area contributed by atoms with Gasteiger partial charge in [0.15, 0.2) is 0 Å². The van der Waals surface area contributed by atoms with Crippen LogP contribution < -0.4 is 0 Å².